The average Bonchev–Trinajstić information content (AvgIpc) is 2.82. The molecule has 2 aromatic rings. The van der Waals surface area contributed by atoms with Crippen molar-refractivity contribution in [1.82, 2.24) is 10.3 Å². The van der Waals surface area contributed by atoms with Gasteiger partial charge in [-0.15, -0.1) is 0 Å². The molecule has 0 saturated heterocycles. The highest BCUT2D eigenvalue weighted by Crippen LogP contribution is 2.24. The molecule has 0 aliphatic rings. The Hall–Kier alpha value is -1.95. The molecule has 0 aliphatic carbocycles. The first-order valence-electron chi connectivity index (χ1n) is 5.97. The fourth-order valence-corrected chi connectivity index (χ4v) is 1.46. The number of oxazole rings is 1. The summed E-state index contributed by atoms with van der Waals surface area (Å²) in [6, 6.07) is 2.93. The van der Waals surface area contributed by atoms with Crippen molar-refractivity contribution in [2.75, 3.05) is 6.54 Å². The van der Waals surface area contributed by atoms with Gasteiger partial charge in [-0.2, -0.15) is 4.98 Å². The quantitative estimate of drug-likeness (QED) is 0.817. The molecule has 0 bridgehead atoms. The van der Waals surface area contributed by atoms with Crippen LogP contribution in [0.5, 0.6) is 11.8 Å². The van der Waals surface area contributed by atoms with Crippen LogP contribution >= 0.6 is 0 Å². The van der Waals surface area contributed by atoms with E-state index in [-0.39, 0.29) is 11.8 Å². The Morgan fingerprint density at radius 3 is 3.00 bits per heavy atom. The monoisotopic (exact) mass is 268 g/mol. The van der Waals surface area contributed by atoms with Crippen LogP contribution in [0.3, 0.4) is 0 Å². The maximum atomic E-state index is 13.3. The summed E-state index contributed by atoms with van der Waals surface area (Å²) in [5.74, 6) is -1.52. The first-order chi connectivity index (χ1) is 9.19. The Kier molecular flexibility index (Phi) is 4.46. The predicted molar refractivity (Wildman–Crippen MR) is 64.9 cm³/mol. The smallest absolute Gasteiger partial charge is 0.399 e. The molecule has 0 radical (unpaired) electrons. The van der Waals surface area contributed by atoms with Crippen LogP contribution in [-0.4, -0.2) is 11.5 Å². The van der Waals surface area contributed by atoms with Crippen molar-refractivity contribution < 1.29 is 17.9 Å². The van der Waals surface area contributed by atoms with Crippen LogP contribution in [0.25, 0.3) is 0 Å². The van der Waals surface area contributed by atoms with Gasteiger partial charge in [0.1, 0.15) is 12.1 Å². The van der Waals surface area contributed by atoms with E-state index >= 15 is 0 Å². The number of nitrogens with zero attached hydrogens (tertiary/aromatic N) is 1. The number of halogens is 2. The lowest BCUT2D eigenvalue weighted by molar-refractivity contribution is 0.316. The van der Waals surface area contributed by atoms with Gasteiger partial charge in [0.05, 0.1) is 5.69 Å². The van der Waals surface area contributed by atoms with Gasteiger partial charge in [0.15, 0.2) is 11.6 Å². The Balaban J connectivity index is 2.01. The van der Waals surface area contributed by atoms with Gasteiger partial charge in [-0.3, -0.25) is 0 Å². The number of aromatic nitrogens is 1. The van der Waals surface area contributed by atoms with Crippen LogP contribution in [0.4, 0.5) is 8.78 Å². The van der Waals surface area contributed by atoms with E-state index in [1.54, 1.807) is 0 Å². The Morgan fingerprint density at radius 1 is 1.37 bits per heavy atom. The van der Waals surface area contributed by atoms with E-state index in [0.29, 0.717) is 12.2 Å². The molecule has 0 saturated carbocycles. The van der Waals surface area contributed by atoms with Gasteiger partial charge in [0, 0.05) is 12.6 Å². The summed E-state index contributed by atoms with van der Waals surface area (Å²) in [4.78, 5) is 4.01. The number of rotatable bonds is 6. The zero-order chi connectivity index (χ0) is 13.7. The Labute approximate surface area is 109 Å². The molecular formula is C13H14F2N2O2. The summed E-state index contributed by atoms with van der Waals surface area (Å²) in [5.41, 5.74) is 0.639. The van der Waals surface area contributed by atoms with Crippen molar-refractivity contribution in [2.45, 2.75) is 19.9 Å². The second-order valence-electron chi connectivity index (χ2n) is 3.96. The number of benzene rings is 1. The molecule has 6 heteroatoms. The number of nitrogens with one attached hydrogen (secondary N) is 1. The van der Waals surface area contributed by atoms with Crippen molar-refractivity contribution in [3.63, 3.8) is 0 Å². The normalized spacial score (nSPS) is 10.7. The van der Waals surface area contributed by atoms with E-state index in [1.165, 1.54) is 6.26 Å². The van der Waals surface area contributed by atoms with E-state index in [1.807, 2.05) is 0 Å². The van der Waals surface area contributed by atoms with Crippen LogP contribution in [0, 0.1) is 11.6 Å². The highest BCUT2D eigenvalue weighted by molar-refractivity contribution is 5.27. The molecule has 4 nitrogen and oxygen atoms in total. The minimum atomic E-state index is -0.676. The van der Waals surface area contributed by atoms with E-state index in [9.17, 15) is 8.78 Å². The predicted octanol–water partition coefficient (Wildman–Crippen LogP) is 3.24. The van der Waals surface area contributed by atoms with Gasteiger partial charge >= 0.3 is 6.08 Å². The van der Waals surface area contributed by atoms with E-state index in [0.717, 1.165) is 31.2 Å². The summed E-state index contributed by atoms with van der Waals surface area (Å²) in [5, 5.41) is 3.14. The van der Waals surface area contributed by atoms with Crippen molar-refractivity contribution in [3.8, 4) is 11.8 Å². The largest absolute Gasteiger partial charge is 0.417 e. The second kappa shape index (κ2) is 6.29. The third-order valence-electron chi connectivity index (χ3n) is 2.35. The van der Waals surface area contributed by atoms with Gasteiger partial charge in [0.25, 0.3) is 0 Å². The van der Waals surface area contributed by atoms with Crippen LogP contribution in [0.15, 0.2) is 28.9 Å². The molecule has 0 unspecified atom stereocenters. The Morgan fingerprint density at radius 2 is 2.21 bits per heavy atom. The summed E-state index contributed by atoms with van der Waals surface area (Å²) in [7, 11) is 0. The molecule has 1 N–H and O–H groups in total. The van der Waals surface area contributed by atoms with E-state index < -0.39 is 11.6 Å². The molecular weight excluding hydrogens is 254 g/mol. The summed E-state index contributed by atoms with van der Waals surface area (Å²) >= 11 is 0. The van der Waals surface area contributed by atoms with Gasteiger partial charge in [-0.1, -0.05) is 6.92 Å². The molecule has 1 aromatic carbocycles. The van der Waals surface area contributed by atoms with Crippen LogP contribution in [0.1, 0.15) is 19.0 Å². The molecule has 1 aromatic heterocycles. The maximum absolute atomic E-state index is 13.3. The first kappa shape index (κ1) is 13.5. The molecule has 0 fully saturated rings. The minimum Gasteiger partial charge on any atom is -0.417 e. The van der Waals surface area contributed by atoms with Gasteiger partial charge in [-0.25, -0.2) is 8.78 Å². The van der Waals surface area contributed by atoms with Crippen LogP contribution in [0.2, 0.25) is 0 Å². The SMILES string of the molecule is CCCNCc1coc(Oc2cc(F)ccc2F)n1. The lowest BCUT2D eigenvalue weighted by Gasteiger charge is -2.01. The highest BCUT2D eigenvalue weighted by atomic mass is 19.1. The zero-order valence-corrected chi connectivity index (χ0v) is 10.5. The molecule has 0 atom stereocenters. The average molecular weight is 268 g/mol. The van der Waals surface area contributed by atoms with Crippen LogP contribution < -0.4 is 10.1 Å². The van der Waals surface area contributed by atoms with E-state index in [4.69, 9.17) is 9.15 Å². The standard InChI is InChI=1S/C13H14F2N2O2/c1-2-5-16-7-10-8-18-13(17-10)19-12-6-9(14)3-4-11(12)15/h3-4,6,8,16H,2,5,7H2,1H3. The topological polar surface area (TPSA) is 47.3 Å². The van der Waals surface area contributed by atoms with Crippen LogP contribution in [-0.2, 0) is 6.54 Å². The summed E-state index contributed by atoms with van der Waals surface area (Å²) in [6.07, 6.45) is 2.31. The van der Waals surface area contributed by atoms with Crippen molar-refractivity contribution in [1.29, 1.82) is 0 Å². The van der Waals surface area contributed by atoms with E-state index in [2.05, 4.69) is 17.2 Å². The van der Waals surface area contributed by atoms with Gasteiger partial charge < -0.3 is 14.5 Å². The van der Waals surface area contributed by atoms with Gasteiger partial charge in [0.2, 0.25) is 0 Å². The number of hydrogen-bond donors (Lipinski definition) is 1. The molecule has 2 rings (SSSR count). The third kappa shape index (κ3) is 3.75. The molecule has 0 aliphatic heterocycles. The molecule has 19 heavy (non-hydrogen) atoms. The lowest BCUT2D eigenvalue weighted by Crippen LogP contribution is -2.13. The molecule has 102 valence electrons. The van der Waals surface area contributed by atoms with Gasteiger partial charge in [-0.05, 0) is 25.1 Å². The Bertz CT molecular complexity index is 543. The number of ether oxygens (including phenoxy) is 1. The fraction of sp³-hybridized carbons (Fsp3) is 0.308. The second-order valence-corrected chi connectivity index (χ2v) is 3.96. The number of hydrogen-bond acceptors (Lipinski definition) is 4. The molecule has 0 amide bonds. The summed E-state index contributed by atoms with van der Waals surface area (Å²) < 4.78 is 36.4. The molecule has 0 spiro atoms. The van der Waals surface area contributed by atoms with Crippen molar-refractivity contribution in [3.05, 3.63) is 41.8 Å². The fourth-order valence-electron chi connectivity index (χ4n) is 1.46. The summed E-state index contributed by atoms with van der Waals surface area (Å²) in [6.45, 7) is 3.45. The zero-order valence-electron chi connectivity index (χ0n) is 10.5. The van der Waals surface area contributed by atoms with Crippen molar-refractivity contribution >= 4 is 0 Å². The van der Waals surface area contributed by atoms with Crippen molar-refractivity contribution in [2.24, 2.45) is 0 Å². The lowest BCUT2D eigenvalue weighted by atomic mass is 10.3. The first-order valence-corrected chi connectivity index (χ1v) is 5.97. The molecule has 1 heterocycles. The maximum Gasteiger partial charge on any atom is 0.399 e. The third-order valence-corrected chi connectivity index (χ3v) is 2.35. The highest BCUT2D eigenvalue weighted by Gasteiger charge is 2.10. The minimum absolute atomic E-state index is 0.113.